The van der Waals surface area contributed by atoms with Crippen molar-refractivity contribution in [3.8, 4) is 0 Å². The maximum Gasteiger partial charge on any atom is 0.227 e. The molecule has 21 heavy (non-hydrogen) atoms. The predicted molar refractivity (Wildman–Crippen MR) is 86.0 cm³/mol. The number of hydrogen-bond donors (Lipinski definition) is 2. The van der Waals surface area contributed by atoms with Gasteiger partial charge in [0.1, 0.15) is 0 Å². The summed E-state index contributed by atoms with van der Waals surface area (Å²) in [7, 11) is 0. The molecule has 1 aliphatic heterocycles. The molecule has 1 saturated heterocycles. The van der Waals surface area contributed by atoms with Crippen molar-refractivity contribution in [3.05, 3.63) is 28.2 Å². The van der Waals surface area contributed by atoms with Gasteiger partial charge >= 0.3 is 0 Å². The first-order valence-electron chi connectivity index (χ1n) is 7.07. The summed E-state index contributed by atoms with van der Waals surface area (Å²) in [5.41, 5.74) is 7.31. The average Bonchev–Trinajstić information content (AvgIpc) is 2.84. The first-order valence-corrected chi connectivity index (χ1v) is 7.86. The first-order chi connectivity index (χ1) is 10.0. The van der Waals surface area contributed by atoms with Crippen LogP contribution in [0.3, 0.4) is 0 Å². The molecule has 0 spiro atoms. The van der Waals surface area contributed by atoms with Crippen molar-refractivity contribution in [1.29, 1.82) is 0 Å². The lowest BCUT2D eigenvalue weighted by atomic mass is 10.1. The average molecular weight is 354 g/mol. The van der Waals surface area contributed by atoms with Crippen LogP contribution in [-0.2, 0) is 9.59 Å². The number of nitrogens with one attached hydrogen (secondary N) is 1. The lowest BCUT2D eigenvalue weighted by molar-refractivity contribution is -0.126. The van der Waals surface area contributed by atoms with E-state index in [1.165, 1.54) is 0 Å². The number of nitrogens with two attached hydrogens (primary N) is 1. The number of nitrogens with zero attached hydrogens (tertiary/aromatic N) is 1. The fraction of sp³-hybridized carbons (Fsp3) is 0.467. The molecule has 6 heteroatoms. The van der Waals surface area contributed by atoms with E-state index >= 15 is 0 Å². The standard InChI is InChI=1S/C15H20BrN3O2/c1-10-7-12(3-4-13(10)16)19-9-11(8-14(19)20)15(21)18-6-2-5-17/h3-4,7,11H,2,5-6,8-9,17H2,1H3,(H,18,21). The summed E-state index contributed by atoms with van der Waals surface area (Å²) in [4.78, 5) is 25.8. The van der Waals surface area contributed by atoms with Crippen molar-refractivity contribution in [3.63, 3.8) is 0 Å². The normalized spacial score (nSPS) is 18.1. The van der Waals surface area contributed by atoms with Crippen molar-refractivity contribution >= 4 is 33.4 Å². The van der Waals surface area contributed by atoms with Crippen LogP contribution in [-0.4, -0.2) is 31.4 Å². The molecule has 1 aliphatic rings. The molecule has 0 saturated carbocycles. The number of hydrogen-bond acceptors (Lipinski definition) is 3. The number of carbonyl (C=O) groups is 2. The molecule has 3 N–H and O–H groups in total. The number of carbonyl (C=O) groups excluding carboxylic acids is 2. The largest absolute Gasteiger partial charge is 0.356 e. The summed E-state index contributed by atoms with van der Waals surface area (Å²) in [6.45, 7) is 3.53. The smallest absolute Gasteiger partial charge is 0.227 e. The van der Waals surface area contributed by atoms with Crippen LogP contribution in [0.4, 0.5) is 5.69 Å². The van der Waals surface area contributed by atoms with Gasteiger partial charge in [-0.25, -0.2) is 0 Å². The van der Waals surface area contributed by atoms with E-state index in [0.29, 0.717) is 19.6 Å². The Labute approximate surface area is 133 Å². The molecule has 0 bridgehead atoms. The van der Waals surface area contributed by atoms with E-state index in [-0.39, 0.29) is 24.2 Å². The lowest BCUT2D eigenvalue weighted by Gasteiger charge is -2.17. The maximum absolute atomic E-state index is 12.1. The Morgan fingerprint density at radius 2 is 2.29 bits per heavy atom. The molecule has 1 unspecified atom stereocenters. The number of benzene rings is 1. The predicted octanol–water partition coefficient (Wildman–Crippen LogP) is 1.58. The molecule has 1 heterocycles. The SMILES string of the molecule is Cc1cc(N2CC(C(=O)NCCCN)CC2=O)ccc1Br. The molecule has 2 rings (SSSR count). The van der Waals surface area contributed by atoms with Gasteiger partial charge in [0, 0.05) is 29.7 Å². The van der Waals surface area contributed by atoms with Gasteiger partial charge in [-0.3, -0.25) is 9.59 Å². The van der Waals surface area contributed by atoms with Crippen molar-refractivity contribution in [2.75, 3.05) is 24.5 Å². The van der Waals surface area contributed by atoms with Gasteiger partial charge in [0.25, 0.3) is 0 Å². The lowest BCUT2D eigenvalue weighted by Crippen LogP contribution is -2.34. The third-order valence-electron chi connectivity index (χ3n) is 3.63. The highest BCUT2D eigenvalue weighted by molar-refractivity contribution is 9.10. The molecule has 1 fully saturated rings. The second kappa shape index (κ2) is 7.04. The Bertz CT molecular complexity index is 548. The van der Waals surface area contributed by atoms with Crippen LogP contribution in [0.5, 0.6) is 0 Å². The minimum absolute atomic E-state index is 0.00398. The van der Waals surface area contributed by atoms with E-state index in [2.05, 4.69) is 21.2 Å². The van der Waals surface area contributed by atoms with Gasteiger partial charge in [-0.05, 0) is 43.7 Å². The number of aryl methyl sites for hydroxylation is 1. The second-order valence-corrected chi connectivity index (χ2v) is 6.13. The second-order valence-electron chi connectivity index (χ2n) is 5.27. The Morgan fingerprint density at radius 3 is 2.95 bits per heavy atom. The molecule has 1 aromatic rings. The summed E-state index contributed by atoms with van der Waals surface area (Å²) in [5, 5.41) is 2.83. The van der Waals surface area contributed by atoms with E-state index in [9.17, 15) is 9.59 Å². The topological polar surface area (TPSA) is 75.4 Å². The molecule has 1 aromatic carbocycles. The zero-order chi connectivity index (χ0) is 15.4. The summed E-state index contributed by atoms with van der Waals surface area (Å²) in [6, 6.07) is 5.77. The van der Waals surface area contributed by atoms with E-state index in [4.69, 9.17) is 5.73 Å². The third-order valence-corrected chi connectivity index (χ3v) is 4.52. The summed E-state index contributed by atoms with van der Waals surface area (Å²) in [6.07, 6.45) is 1.02. The van der Waals surface area contributed by atoms with Gasteiger partial charge in [-0.2, -0.15) is 0 Å². The molecule has 114 valence electrons. The molecule has 1 atom stereocenters. The van der Waals surface area contributed by atoms with Crippen molar-refractivity contribution in [1.82, 2.24) is 5.32 Å². The number of halogens is 1. The van der Waals surface area contributed by atoms with Gasteiger partial charge < -0.3 is 16.0 Å². The highest BCUT2D eigenvalue weighted by Crippen LogP contribution is 2.28. The van der Waals surface area contributed by atoms with Gasteiger partial charge in [0.15, 0.2) is 0 Å². The number of amides is 2. The first kappa shape index (κ1) is 16.0. The Balaban J connectivity index is 2.02. The molecule has 0 radical (unpaired) electrons. The van der Waals surface area contributed by atoms with Crippen LogP contribution in [0, 0.1) is 12.8 Å². The summed E-state index contributed by atoms with van der Waals surface area (Å²) in [5.74, 6) is -0.344. The minimum atomic E-state index is -0.278. The monoisotopic (exact) mass is 353 g/mol. The zero-order valence-corrected chi connectivity index (χ0v) is 13.6. The van der Waals surface area contributed by atoms with Crippen LogP contribution < -0.4 is 16.0 Å². The minimum Gasteiger partial charge on any atom is -0.356 e. The molecule has 0 aliphatic carbocycles. The highest BCUT2D eigenvalue weighted by Gasteiger charge is 2.34. The Kier molecular flexibility index (Phi) is 5.36. The highest BCUT2D eigenvalue weighted by atomic mass is 79.9. The fourth-order valence-electron chi connectivity index (χ4n) is 2.39. The number of rotatable bonds is 5. The molecule has 5 nitrogen and oxygen atoms in total. The van der Waals surface area contributed by atoms with Crippen molar-refractivity contribution in [2.45, 2.75) is 19.8 Å². The van der Waals surface area contributed by atoms with E-state index in [0.717, 1.165) is 22.1 Å². The van der Waals surface area contributed by atoms with Crippen LogP contribution in [0.15, 0.2) is 22.7 Å². The van der Waals surface area contributed by atoms with Crippen LogP contribution in [0.2, 0.25) is 0 Å². The fourth-order valence-corrected chi connectivity index (χ4v) is 2.63. The molecular formula is C15H20BrN3O2. The van der Waals surface area contributed by atoms with Crippen LogP contribution in [0.25, 0.3) is 0 Å². The summed E-state index contributed by atoms with van der Waals surface area (Å²) >= 11 is 3.45. The Morgan fingerprint density at radius 1 is 1.52 bits per heavy atom. The van der Waals surface area contributed by atoms with Crippen molar-refractivity contribution < 1.29 is 9.59 Å². The van der Waals surface area contributed by atoms with Gasteiger partial charge in [0.2, 0.25) is 11.8 Å². The van der Waals surface area contributed by atoms with Crippen LogP contribution in [0.1, 0.15) is 18.4 Å². The van der Waals surface area contributed by atoms with E-state index in [1.54, 1.807) is 4.90 Å². The van der Waals surface area contributed by atoms with Crippen molar-refractivity contribution in [2.24, 2.45) is 11.7 Å². The summed E-state index contributed by atoms with van der Waals surface area (Å²) < 4.78 is 1.01. The molecule has 0 aromatic heterocycles. The number of anilines is 1. The van der Waals surface area contributed by atoms with Gasteiger partial charge in [-0.1, -0.05) is 15.9 Å². The van der Waals surface area contributed by atoms with Crippen LogP contribution >= 0.6 is 15.9 Å². The molecular weight excluding hydrogens is 334 g/mol. The van der Waals surface area contributed by atoms with Gasteiger partial charge in [-0.15, -0.1) is 0 Å². The molecule has 2 amide bonds. The quantitative estimate of drug-likeness (QED) is 0.789. The zero-order valence-electron chi connectivity index (χ0n) is 12.1. The third kappa shape index (κ3) is 3.83. The maximum atomic E-state index is 12.1. The van der Waals surface area contributed by atoms with E-state index in [1.807, 2.05) is 25.1 Å². The Hall–Kier alpha value is -1.40. The van der Waals surface area contributed by atoms with E-state index < -0.39 is 0 Å². The van der Waals surface area contributed by atoms with Gasteiger partial charge in [0.05, 0.1) is 5.92 Å².